The lowest BCUT2D eigenvalue weighted by Gasteiger charge is -2.13. The zero-order valence-corrected chi connectivity index (χ0v) is 20.3. The van der Waals surface area contributed by atoms with Crippen molar-refractivity contribution in [3.05, 3.63) is 77.1 Å². The SMILES string of the molecule is CCNC(=NCc1ccccc1OC)NCc1c(C)nn(-c2ccccc2)c1C.I. The van der Waals surface area contributed by atoms with Gasteiger partial charge < -0.3 is 15.4 Å². The summed E-state index contributed by atoms with van der Waals surface area (Å²) in [6.45, 7) is 8.19. The van der Waals surface area contributed by atoms with Gasteiger partial charge in [-0.2, -0.15) is 5.10 Å². The lowest BCUT2D eigenvalue weighted by Crippen LogP contribution is -2.37. The maximum Gasteiger partial charge on any atom is 0.191 e. The molecule has 0 bridgehead atoms. The molecule has 0 amide bonds. The van der Waals surface area contributed by atoms with Gasteiger partial charge in [-0.05, 0) is 39.0 Å². The van der Waals surface area contributed by atoms with Gasteiger partial charge in [0.15, 0.2) is 5.96 Å². The Bertz CT molecular complexity index is 969. The average Bonchev–Trinajstić information content (AvgIpc) is 3.04. The van der Waals surface area contributed by atoms with E-state index in [4.69, 9.17) is 14.8 Å². The Labute approximate surface area is 195 Å². The third-order valence-electron chi connectivity index (χ3n) is 4.82. The van der Waals surface area contributed by atoms with E-state index in [9.17, 15) is 0 Å². The van der Waals surface area contributed by atoms with E-state index in [1.54, 1.807) is 7.11 Å². The second-order valence-electron chi connectivity index (χ2n) is 6.76. The topological polar surface area (TPSA) is 63.5 Å². The number of halogens is 1. The Hall–Kier alpha value is -2.55. The fraction of sp³-hybridized carbons (Fsp3) is 0.304. The number of guanidine groups is 1. The van der Waals surface area contributed by atoms with Crippen LogP contribution in [0.25, 0.3) is 5.69 Å². The lowest BCUT2D eigenvalue weighted by molar-refractivity contribution is 0.410. The van der Waals surface area contributed by atoms with Crippen molar-refractivity contribution < 1.29 is 4.74 Å². The molecular formula is C23H30IN5O. The van der Waals surface area contributed by atoms with Crippen molar-refractivity contribution in [3.8, 4) is 11.4 Å². The molecular weight excluding hydrogens is 489 g/mol. The van der Waals surface area contributed by atoms with E-state index in [0.29, 0.717) is 13.1 Å². The van der Waals surface area contributed by atoms with E-state index in [0.717, 1.165) is 40.9 Å². The minimum absolute atomic E-state index is 0. The molecule has 1 aromatic heterocycles. The van der Waals surface area contributed by atoms with E-state index >= 15 is 0 Å². The number of nitrogens with zero attached hydrogens (tertiary/aromatic N) is 3. The summed E-state index contributed by atoms with van der Waals surface area (Å²) in [5, 5.41) is 11.5. The summed E-state index contributed by atoms with van der Waals surface area (Å²) in [6.07, 6.45) is 0. The van der Waals surface area contributed by atoms with Gasteiger partial charge in [-0.3, -0.25) is 0 Å². The molecule has 0 spiro atoms. The highest BCUT2D eigenvalue weighted by atomic mass is 127. The second-order valence-corrected chi connectivity index (χ2v) is 6.76. The van der Waals surface area contributed by atoms with E-state index in [1.807, 2.05) is 54.1 Å². The van der Waals surface area contributed by atoms with Gasteiger partial charge in [0.25, 0.3) is 0 Å². The number of rotatable bonds is 7. The van der Waals surface area contributed by atoms with Crippen LogP contribution in [0.4, 0.5) is 0 Å². The Morgan fingerprint density at radius 1 is 1.03 bits per heavy atom. The summed E-state index contributed by atoms with van der Waals surface area (Å²) in [7, 11) is 1.68. The highest BCUT2D eigenvalue weighted by Gasteiger charge is 2.13. The number of aliphatic imine (C=N–C) groups is 1. The largest absolute Gasteiger partial charge is 0.496 e. The van der Waals surface area contributed by atoms with Gasteiger partial charge in [0.05, 0.1) is 25.0 Å². The minimum atomic E-state index is 0. The number of aromatic nitrogens is 2. The molecule has 0 aliphatic carbocycles. The molecule has 2 aromatic carbocycles. The molecule has 0 aliphatic heterocycles. The predicted molar refractivity (Wildman–Crippen MR) is 133 cm³/mol. The number of ether oxygens (including phenoxy) is 1. The zero-order chi connectivity index (χ0) is 20.6. The van der Waals surface area contributed by atoms with Gasteiger partial charge in [-0.25, -0.2) is 9.67 Å². The molecule has 0 unspecified atom stereocenters. The van der Waals surface area contributed by atoms with Gasteiger partial charge in [0.2, 0.25) is 0 Å². The van der Waals surface area contributed by atoms with Gasteiger partial charge in [0.1, 0.15) is 5.75 Å². The molecule has 3 aromatic rings. The summed E-state index contributed by atoms with van der Waals surface area (Å²) in [5.74, 6) is 1.62. The van der Waals surface area contributed by atoms with Crippen molar-refractivity contribution >= 4 is 29.9 Å². The maximum absolute atomic E-state index is 5.42. The normalized spacial score (nSPS) is 11.0. The summed E-state index contributed by atoms with van der Waals surface area (Å²) < 4.78 is 7.41. The predicted octanol–water partition coefficient (Wildman–Crippen LogP) is 4.37. The fourth-order valence-corrected chi connectivity index (χ4v) is 3.26. The van der Waals surface area contributed by atoms with Crippen LogP contribution in [0.5, 0.6) is 5.75 Å². The molecule has 0 saturated heterocycles. The Balaban J connectivity index is 0.00000320. The van der Waals surface area contributed by atoms with E-state index in [2.05, 4.69) is 36.6 Å². The van der Waals surface area contributed by atoms with Crippen LogP contribution in [0.15, 0.2) is 59.6 Å². The molecule has 160 valence electrons. The Morgan fingerprint density at radius 2 is 1.73 bits per heavy atom. The van der Waals surface area contributed by atoms with Crippen LogP contribution in [0.1, 0.15) is 29.4 Å². The molecule has 2 N–H and O–H groups in total. The number of aryl methyl sites for hydroxylation is 1. The van der Waals surface area contributed by atoms with E-state index in [1.165, 1.54) is 5.56 Å². The van der Waals surface area contributed by atoms with Crippen molar-refractivity contribution in [1.29, 1.82) is 0 Å². The van der Waals surface area contributed by atoms with Crippen LogP contribution in [0, 0.1) is 13.8 Å². The first kappa shape index (κ1) is 23.7. The molecule has 0 saturated carbocycles. The number of methoxy groups -OCH3 is 1. The number of nitrogens with one attached hydrogen (secondary N) is 2. The quantitative estimate of drug-likeness (QED) is 0.277. The van der Waals surface area contributed by atoms with Crippen LogP contribution in [-0.2, 0) is 13.1 Å². The van der Waals surface area contributed by atoms with Crippen LogP contribution in [0.2, 0.25) is 0 Å². The Kier molecular flexibility index (Phi) is 9.16. The van der Waals surface area contributed by atoms with Gasteiger partial charge >= 0.3 is 0 Å². The van der Waals surface area contributed by atoms with Crippen molar-refractivity contribution in [2.45, 2.75) is 33.9 Å². The molecule has 3 rings (SSSR count). The van der Waals surface area contributed by atoms with Crippen LogP contribution < -0.4 is 15.4 Å². The van der Waals surface area contributed by atoms with Crippen molar-refractivity contribution in [1.82, 2.24) is 20.4 Å². The third kappa shape index (κ3) is 5.75. The summed E-state index contributed by atoms with van der Waals surface area (Å²) in [6, 6.07) is 18.1. The first-order valence-corrected chi connectivity index (χ1v) is 9.88. The second kappa shape index (κ2) is 11.6. The monoisotopic (exact) mass is 519 g/mol. The highest BCUT2D eigenvalue weighted by molar-refractivity contribution is 14.0. The number of benzene rings is 2. The summed E-state index contributed by atoms with van der Waals surface area (Å²) >= 11 is 0. The number of para-hydroxylation sites is 2. The maximum atomic E-state index is 5.42. The van der Waals surface area contributed by atoms with E-state index < -0.39 is 0 Å². The van der Waals surface area contributed by atoms with Gasteiger partial charge in [-0.15, -0.1) is 24.0 Å². The molecule has 0 fully saturated rings. The molecule has 0 aliphatic rings. The molecule has 7 heteroatoms. The average molecular weight is 519 g/mol. The molecule has 1 heterocycles. The van der Waals surface area contributed by atoms with Crippen molar-refractivity contribution in [2.24, 2.45) is 4.99 Å². The number of hydrogen-bond acceptors (Lipinski definition) is 3. The lowest BCUT2D eigenvalue weighted by atomic mass is 10.2. The van der Waals surface area contributed by atoms with E-state index in [-0.39, 0.29) is 24.0 Å². The highest BCUT2D eigenvalue weighted by Crippen LogP contribution is 2.19. The minimum Gasteiger partial charge on any atom is -0.496 e. The third-order valence-corrected chi connectivity index (χ3v) is 4.82. The molecule has 30 heavy (non-hydrogen) atoms. The number of hydrogen-bond donors (Lipinski definition) is 2. The first-order valence-electron chi connectivity index (χ1n) is 9.88. The van der Waals surface area contributed by atoms with Crippen LogP contribution in [0.3, 0.4) is 0 Å². The summed E-state index contributed by atoms with van der Waals surface area (Å²) in [4.78, 5) is 4.72. The summed E-state index contributed by atoms with van der Waals surface area (Å²) in [5.41, 5.74) is 5.44. The van der Waals surface area contributed by atoms with Crippen molar-refractivity contribution in [2.75, 3.05) is 13.7 Å². The van der Waals surface area contributed by atoms with Crippen LogP contribution >= 0.6 is 24.0 Å². The van der Waals surface area contributed by atoms with Gasteiger partial charge in [-0.1, -0.05) is 36.4 Å². The zero-order valence-electron chi connectivity index (χ0n) is 18.0. The van der Waals surface area contributed by atoms with Crippen LogP contribution in [-0.4, -0.2) is 29.4 Å². The fourth-order valence-electron chi connectivity index (χ4n) is 3.26. The first-order chi connectivity index (χ1) is 14.1. The standard InChI is InChI=1S/C23H29N5O.HI/c1-5-24-23(25-15-19-11-9-10-14-22(19)29-4)26-16-21-17(2)27-28(18(21)3)20-12-7-6-8-13-20;/h6-14H,5,15-16H2,1-4H3,(H2,24,25,26);1H. The molecule has 0 radical (unpaired) electrons. The van der Waals surface area contributed by atoms with Crippen molar-refractivity contribution in [3.63, 3.8) is 0 Å². The molecule has 6 nitrogen and oxygen atoms in total. The smallest absolute Gasteiger partial charge is 0.191 e. The molecule has 0 atom stereocenters. The Morgan fingerprint density at radius 3 is 2.43 bits per heavy atom. The van der Waals surface area contributed by atoms with Gasteiger partial charge in [0, 0.05) is 29.9 Å².